The Bertz CT molecular complexity index is 662. The van der Waals surface area contributed by atoms with Crippen LogP contribution in [0, 0.1) is 6.92 Å². The van der Waals surface area contributed by atoms with Crippen molar-refractivity contribution in [2.45, 2.75) is 19.6 Å². The number of aromatic carboxylic acids is 1. The predicted molar refractivity (Wildman–Crippen MR) is 69.2 cm³/mol. The van der Waals surface area contributed by atoms with E-state index in [1.807, 2.05) is 0 Å². The number of benzene rings is 1. The molecule has 0 spiro atoms. The van der Waals surface area contributed by atoms with E-state index in [0.29, 0.717) is 11.3 Å². The highest BCUT2D eigenvalue weighted by Crippen LogP contribution is 2.34. The number of para-hydroxylation sites is 1. The van der Waals surface area contributed by atoms with E-state index in [1.54, 1.807) is 6.92 Å². The molecule has 4 nitrogen and oxygen atoms in total. The molecular weight excluding hydrogens is 287 g/mol. The molecule has 0 aliphatic heterocycles. The summed E-state index contributed by atoms with van der Waals surface area (Å²) in [5, 5.41) is 11.5. The van der Waals surface area contributed by atoms with Gasteiger partial charge in [0.15, 0.2) is 0 Å². The summed E-state index contributed by atoms with van der Waals surface area (Å²) in [6, 6.07) is 6.38. The Labute approximate surface area is 118 Å². The van der Waals surface area contributed by atoms with Gasteiger partial charge in [0, 0.05) is 17.8 Å². The first-order valence-electron chi connectivity index (χ1n) is 6.01. The van der Waals surface area contributed by atoms with Crippen LogP contribution in [0.1, 0.15) is 27.4 Å². The van der Waals surface area contributed by atoms with E-state index < -0.39 is 17.7 Å². The molecule has 2 rings (SSSR count). The van der Waals surface area contributed by atoms with Crippen molar-refractivity contribution in [3.63, 3.8) is 0 Å². The molecule has 0 amide bonds. The zero-order chi connectivity index (χ0) is 15.6. The SMILES string of the molecule is Cc1oc(C(=O)O)cc1CNc1ccccc1C(F)(F)F. The number of rotatable bonds is 4. The Morgan fingerprint density at radius 1 is 1.33 bits per heavy atom. The maximum Gasteiger partial charge on any atom is 0.418 e. The average molecular weight is 299 g/mol. The molecular formula is C14H12F3NO3. The standard InChI is InChI=1S/C14H12F3NO3/c1-8-9(6-12(21-8)13(19)20)7-18-11-5-3-2-4-10(11)14(15,16)17/h2-6,18H,7H2,1H3,(H,19,20). The van der Waals surface area contributed by atoms with Gasteiger partial charge >= 0.3 is 12.1 Å². The van der Waals surface area contributed by atoms with Crippen LogP contribution in [0.5, 0.6) is 0 Å². The second-order valence-electron chi connectivity index (χ2n) is 4.39. The molecule has 0 unspecified atom stereocenters. The Morgan fingerprint density at radius 3 is 2.57 bits per heavy atom. The van der Waals surface area contributed by atoms with Gasteiger partial charge in [-0.2, -0.15) is 13.2 Å². The fourth-order valence-electron chi connectivity index (χ4n) is 1.88. The topological polar surface area (TPSA) is 62.5 Å². The molecule has 0 atom stereocenters. The van der Waals surface area contributed by atoms with E-state index in [4.69, 9.17) is 9.52 Å². The molecule has 1 heterocycles. The number of halogens is 3. The quantitative estimate of drug-likeness (QED) is 0.898. The van der Waals surface area contributed by atoms with Crippen molar-refractivity contribution in [1.29, 1.82) is 0 Å². The van der Waals surface area contributed by atoms with Gasteiger partial charge in [0.25, 0.3) is 0 Å². The molecule has 7 heteroatoms. The van der Waals surface area contributed by atoms with Gasteiger partial charge in [-0.15, -0.1) is 0 Å². The minimum Gasteiger partial charge on any atom is -0.475 e. The average Bonchev–Trinajstić information content (AvgIpc) is 2.77. The number of hydrogen-bond acceptors (Lipinski definition) is 3. The van der Waals surface area contributed by atoms with Crippen LogP contribution < -0.4 is 5.32 Å². The molecule has 2 N–H and O–H groups in total. The van der Waals surface area contributed by atoms with E-state index in [0.717, 1.165) is 6.07 Å². The smallest absolute Gasteiger partial charge is 0.418 e. The maximum atomic E-state index is 12.8. The molecule has 0 aliphatic rings. The van der Waals surface area contributed by atoms with Crippen LogP contribution in [0.15, 0.2) is 34.7 Å². The van der Waals surface area contributed by atoms with Gasteiger partial charge in [0.1, 0.15) is 5.76 Å². The van der Waals surface area contributed by atoms with Crippen molar-refractivity contribution in [3.05, 3.63) is 53.0 Å². The number of carboxylic acid groups (broad SMARTS) is 1. The van der Waals surface area contributed by atoms with E-state index >= 15 is 0 Å². The van der Waals surface area contributed by atoms with Crippen molar-refractivity contribution in [1.82, 2.24) is 0 Å². The van der Waals surface area contributed by atoms with E-state index in [1.165, 1.54) is 24.3 Å². The Kier molecular flexibility index (Phi) is 3.93. The number of nitrogens with one attached hydrogen (secondary N) is 1. The number of carbonyl (C=O) groups is 1. The highest BCUT2D eigenvalue weighted by atomic mass is 19.4. The zero-order valence-corrected chi connectivity index (χ0v) is 11.0. The summed E-state index contributed by atoms with van der Waals surface area (Å²) in [4.78, 5) is 10.8. The number of aryl methyl sites for hydroxylation is 1. The van der Waals surface area contributed by atoms with Crippen LogP contribution in [0.25, 0.3) is 0 Å². The lowest BCUT2D eigenvalue weighted by molar-refractivity contribution is -0.137. The summed E-state index contributed by atoms with van der Waals surface area (Å²) in [5.74, 6) is -1.11. The van der Waals surface area contributed by atoms with Gasteiger partial charge in [0.2, 0.25) is 5.76 Å². The van der Waals surface area contributed by atoms with E-state index in [9.17, 15) is 18.0 Å². The number of carboxylic acids is 1. The number of furan rings is 1. The van der Waals surface area contributed by atoms with Gasteiger partial charge < -0.3 is 14.8 Å². The first-order valence-corrected chi connectivity index (χ1v) is 6.01. The zero-order valence-electron chi connectivity index (χ0n) is 11.0. The van der Waals surface area contributed by atoms with E-state index in [2.05, 4.69) is 5.32 Å². The summed E-state index contributed by atoms with van der Waals surface area (Å²) in [7, 11) is 0. The van der Waals surface area contributed by atoms with Crippen LogP contribution in [0.4, 0.5) is 18.9 Å². The van der Waals surface area contributed by atoms with Crippen molar-refractivity contribution in [2.24, 2.45) is 0 Å². The minimum atomic E-state index is -4.46. The molecule has 0 fully saturated rings. The molecule has 2 aromatic rings. The van der Waals surface area contributed by atoms with Crippen molar-refractivity contribution >= 4 is 11.7 Å². The van der Waals surface area contributed by atoms with E-state index in [-0.39, 0.29) is 18.0 Å². The van der Waals surface area contributed by atoms with Gasteiger partial charge in [0.05, 0.1) is 5.56 Å². The summed E-state index contributed by atoms with van der Waals surface area (Å²) < 4.78 is 43.5. The molecule has 0 bridgehead atoms. The van der Waals surface area contributed by atoms with Crippen LogP contribution >= 0.6 is 0 Å². The molecule has 0 radical (unpaired) electrons. The van der Waals surface area contributed by atoms with Gasteiger partial charge in [-0.1, -0.05) is 12.1 Å². The summed E-state index contributed by atoms with van der Waals surface area (Å²) in [6.45, 7) is 1.59. The molecule has 1 aromatic heterocycles. The summed E-state index contributed by atoms with van der Waals surface area (Å²) in [5.41, 5.74) is -0.351. The fourth-order valence-corrected chi connectivity index (χ4v) is 1.88. The first kappa shape index (κ1) is 15.0. The fraction of sp³-hybridized carbons (Fsp3) is 0.214. The van der Waals surface area contributed by atoms with Crippen LogP contribution in [0.3, 0.4) is 0 Å². The second kappa shape index (κ2) is 5.51. The lowest BCUT2D eigenvalue weighted by atomic mass is 10.1. The Balaban J connectivity index is 2.19. The van der Waals surface area contributed by atoms with Crippen LogP contribution in [-0.2, 0) is 12.7 Å². The lowest BCUT2D eigenvalue weighted by Crippen LogP contribution is -2.10. The Hall–Kier alpha value is -2.44. The molecule has 112 valence electrons. The van der Waals surface area contributed by atoms with Gasteiger partial charge in [-0.3, -0.25) is 0 Å². The molecule has 0 saturated heterocycles. The number of hydrogen-bond donors (Lipinski definition) is 2. The van der Waals surface area contributed by atoms with Gasteiger partial charge in [-0.05, 0) is 25.1 Å². The number of anilines is 1. The third kappa shape index (κ3) is 3.36. The Morgan fingerprint density at radius 2 is 2.00 bits per heavy atom. The molecule has 0 aliphatic carbocycles. The molecule has 0 saturated carbocycles. The maximum absolute atomic E-state index is 12.8. The third-order valence-corrected chi connectivity index (χ3v) is 2.93. The minimum absolute atomic E-state index is 0.0374. The molecule has 21 heavy (non-hydrogen) atoms. The lowest BCUT2D eigenvalue weighted by Gasteiger charge is -2.13. The largest absolute Gasteiger partial charge is 0.475 e. The van der Waals surface area contributed by atoms with Crippen LogP contribution in [0.2, 0.25) is 0 Å². The number of alkyl halides is 3. The third-order valence-electron chi connectivity index (χ3n) is 2.93. The second-order valence-corrected chi connectivity index (χ2v) is 4.39. The highest BCUT2D eigenvalue weighted by Gasteiger charge is 2.33. The highest BCUT2D eigenvalue weighted by molar-refractivity contribution is 5.84. The van der Waals surface area contributed by atoms with Crippen molar-refractivity contribution in [3.8, 4) is 0 Å². The predicted octanol–water partition coefficient (Wildman–Crippen LogP) is 3.92. The van der Waals surface area contributed by atoms with Gasteiger partial charge in [-0.25, -0.2) is 4.79 Å². The monoisotopic (exact) mass is 299 g/mol. The summed E-state index contributed by atoms with van der Waals surface area (Å²) in [6.07, 6.45) is -4.46. The van der Waals surface area contributed by atoms with Crippen molar-refractivity contribution in [2.75, 3.05) is 5.32 Å². The normalized spacial score (nSPS) is 11.4. The first-order chi connectivity index (χ1) is 9.79. The molecule has 1 aromatic carbocycles. The van der Waals surface area contributed by atoms with Crippen LogP contribution in [-0.4, -0.2) is 11.1 Å². The van der Waals surface area contributed by atoms with Crippen molar-refractivity contribution < 1.29 is 27.5 Å². The summed E-state index contributed by atoms with van der Waals surface area (Å²) >= 11 is 0.